The number of hydrogen-bond donors (Lipinski definition) is 2. The zero-order chi connectivity index (χ0) is 20.5. The Morgan fingerprint density at radius 3 is 2.93 bits per heavy atom. The number of halogens is 2. The Morgan fingerprint density at radius 2 is 2.25 bits per heavy atom. The fourth-order valence-corrected chi connectivity index (χ4v) is 3.01. The molecule has 1 aromatic carbocycles. The van der Waals surface area contributed by atoms with Crippen molar-refractivity contribution in [3.05, 3.63) is 47.0 Å². The van der Waals surface area contributed by atoms with Gasteiger partial charge in [-0.05, 0) is 19.9 Å². The maximum absolute atomic E-state index is 13.8. The Hall–Kier alpha value is -2.65. The van der Waals surface area contributed by atoms with Crippen LogP contribution in [0.25, 0.3) is 0 Å². The first-order valence-corrected chi connectivity index (χ1v) is 9.07. The molecule has 0 radical (unpaired) electrons. The molecule has 10 heteroatoms. The number of alkyl carbamates (subject to hydrolysis) is 1. The van der Waals surface area contributed by atoms with Gasteiger partial charge in [0.1, 0.15) is 5.82 Å². The fraction of sp³-hybridized carbons (Fsp3) is 0.389. The van der Waals surface area contributed by atoms with Crippen LogP contribution in [0.3, 0.4) is 0 Å². The molecule has 1 fully saturated rings. The van der Waals surface area contributed by atoms with Crippen molar-refractivity contribution in [1.82, 2.24) is 15.1 Å². The molecule has 0 saturated carbocycles. The van der Waals surface area contributed by atoms with E-state index in [9.17, 15) is 19.1 Å². The molecular weight excluding hydrogens is 391 g/mol. The summed E-state index contributed by atoms with van der Waals surface area (Å²) in [6, 6.07) is 4.48. The second kappa shape index (κ2) is 7.76. The number of hydrogen-bond acceptors (Lipinski definition) is 5. The van der Waals surface area contributed by atoms with Gasteiger partial charge in [-0.2, -0.15) is 5.10 Å². The molecule has 1 aromatic heterocycles. The number of benzene rings is 1. The van der Waals surface area contributed by atoms with Crippen molar-refractivity contribution in [2.24, 2.45) is 0 Å². The van der Waals surface area contributed by atoms with Crippen molar-refractivity contribution >= 4 is 29.3 Å². The predicted molar refractivity (Wildman–Crippen MR) is 99.3 cm³/mol. The van der Waals surface area contributed by atoms with E-state index >= 15 is 0 Å². The first-order valence-electron chi connectivity index (χ1n) is 8.69. The van der Waals surface area contributed by atoms with Crippen LogP contribution in [0.4, 0.5) is 14.9 Å². The molecule has 0 spiro atoms. The number of carbonyl (C=O) groups is 2. The highest BCUT2D eigenvalue weighted by atomic mass is 35.5. The number of aromatic nitrogens is 2. The minimum atomic E-state index is -2.29. The van der Waals surface area contributed by atoms with Gasteiger partial charge in [-0.3, -0.25) is 9.48 Å². The third-order valence-electron chi connectivity index (χ3n) is 4.40. The van der Waals surface area contributed by atoms with Crippen LogP contribution in [-0.2, 0) is 16.1 Å². The Balaban J connectivity index is 1.62. The second-order valence-electron chi connectivity index (χ2n) is 6.72. The first-order chi connectivity index (χ1) is 13.2. The van der Waals surface area contributed by atoms with Gasteiger partial charge < -0.3 is 20.1 Å². The molecule has 2 amide bonds. The molecule has 0 unspecified atom stereocenters. The summed E-state index contributed by atoms with van der Waals surface area (Å²) < 4.78 is 20.5. The van der Waals surface area contributed by atoms with Gasteiger partial charge in [0.25, 0.3) is 11.7 Å². The average molecular weight is 411 g/mol. The molecule has 150 valence electrons. The van der Waals surface area contributed by atoms with E-state index in [1.807, 2.05) is 13.8 Å². The minimum absolute atomic E-state index is 0.0742. The summed E-state index contributed by atoms with van der Waals surface area (Å²) in [6.45, 7) is 3.83. The van der Waals surface area contributed by atoms with Crippen LogP contribution in [0.15, 0.2) is 30.6 Å². The minimum Gasteiger partial charge on any atom is -0.407 e. The maximum Gasteiger partial charge on any atom is 0.410 e. The van der Waals surface area contributed by atoms with E-state index in [1.165, 1.54) is 29.3 Å². The van der Waals surface area contributed by atoms with Gasteiger partial charge in [0.05, 0.1) is 16.9 Å². The predicted octanol–water partition coefficient (Wildman–Crippen LogP) is 2.61. The lowest BCUT2D eigenvalue weighted by Crippen LogP contribution is -2.46. The van der Waals surface area contributed by atoms with Gasteiger partial charge in [0.15, 0.2) is 0 Å². The Labute approximate surface area is 165 Å². The van der Waals surface area contributed by atoms with E-state index < -0.39 is 23.6 Å². The topological polar surface area (TPSA) is 96.7 Å². The van der Waals surface area contributed by atoms with Gasteiger partial charge >= 0.3 is 6.09 Å². The lowest BCUT2D eigenvalue weighted by atomic mass is 10.2. The largest absolute Gasteiger partial charge is 0.410 e. The van der Waals surface area contributed by atoms with E-state index in [-0.39, 0.29) is 36.1 Å². The number of aliphatic hydroxyl groups is 1. The summed E-state index contributed by atoms with van der Waals surface area (Å²) in [6.07, 6.45) is 2.04. The first kappa shape index (κ1) is 20.1. The molecule has 1 saturated heterocycles. The smallest absolute Gasteiger partial charge is 0.407 e. The Bertz CT molecular complexity index is 903. The molecule has 0 aliphatic carbocycles. The monoisotopic (exact) mass is 410 g/mol. The van der Waals surface area contributed by atoms with Gasteiger partial charge in [-0.1, -0.05) is 23.7 Å². The molecule has 8 nitrogen and oxygen atoms in total. The van der Waals surface area contributed by atoms with Crippen LogP contribution >= 0.6 is 11.6 Å². The lowest BCUT2D eigenvalue weighted by molar-refractivity contribution is -0.175. The number of nitrogens with one attached hydrogen (secondary N) is 1. The van der Waals surface area contributed by atoms with Crippen LogP contribution in [0.5, 0.6) is 0 Å². The molecule has 3 rings (SSSR count). The number of amides is 2. The van der Waals surface area contributed by atoms with Crippen LogP contribution in [0.1, 0.15) is 31.9 Å². The van der Waals surface area contributed by atoms with Crippen molar-refractivity contribution in [2.75, 3.05) is 11.4 Å². The molecule has 1 aliphatic heterocycles. The van der Waals surface area contributed by atoms with E-state index in [0.717, 1.165) is 0 Å². The van der Waals surface area contributed by atoms with E-state index in [0.29, 0.717) is 5.69 Å². The molecular formula is C18H20ClFN4O4. The normalized spacial score (nSPS) is 19.4. The van der Waals surface area contributed by atoms with Gasteiger partial charge in [-0.15, -0.1) is 0 Å². The van der Waals surface area contributed by atoms with Gasteiger partial charge in [0, 0.05) is 37.3 Å². The number of anilines is 1. The molecule has 1 aliphatic rings. The maximum atomic E-state index is 13.8. The summed E-state index contributed by atoms with van der Waals surface area (Å²) in [5, 5.41) is 16.9. The second-order valence-corrected chi connectivity index (χ2v) is 7.13. The quantitative estimate of drug-likeness (QED) is 0.738. The molecule has 2 aromatic rings. The molecule has 0 bridgehead atoms. The average Bonchev–Trinajstić information content (AvgIpc) is 3.22. The molecule has 2 N–H and O–H groups in total. The number of carbonyl (C=O) groups excluding carboxylic acids is 2. The van der Waals surface area contributed by atoms with Crippen molar-refractivity contribution in [3.63, 3.8) is 0 Å². The van der Waals surface area contributed by atoms with Gasteiger partial charge in [0.2, 0.25) is 0 Å². The standard InChI is InChI=1S/C18H20ClFN4O4/c1-11(2)24-10-13(9-22-24)23-7-6-18(27,16(23)25)28-17(26)21-8-12-4-3-5-14(19)15(12)20/h3-5,9-11,27H,6-8H2,1-2H3,(H,21,26)/t18-/m0/s1. The number of rotatable bonds is 5. The molecule has 28 heavy (non-hydrogen) atoms. The van der Waals surface area contributed by atoms with Crippen molar-refractivity contribution in [3.8, 4) is 0 Å². The third kappa shape index (κ3) is 3.95. The SMILES string of the molecule is CC(C)n1cc(N2CC[C@](O)(OC(=O)NCc3cccc(Cl)c3F)C2=O)cn1. The zero-order valence-corrected chi connectivity index (χ0v) is 16.1. The van der Waals surface area contributed by atoms with E-state index in [2.05, 4.69) is 10.4 Å². The van der Waals surface area contributed by atoms with Crippen molar-refractivity contribution < 1.29 is 23.8 Å². The highest BCUT2D eigenvalue weighted by Crippen LogP contribution is 2.29. The highest BCUT2D eigenvalue weighted by molar-refractivity contribution is 6.30. The summed E-state index contributed by atoms with van der Waals surface area (Å²) >= 11 is 5.69. The number of ether oxygens (including phenoxy) is 1. The van der Waals surface area contributed by atoms with E-state index in [1.54, 1.807) is 10.9 Å². The summed E-state index contributed by atoms with van der Waals surface area (Å²) in [5.74, 6) is -3.72. The van der Waals surface area contributed by atoms with Crippen LogP contribution in [0.2, 0.25) is 5.02 Å². The molecule has 1 atom stereocenters. The van der Waals surface area contributed by atoms with Crippen LogP contribution in [-0.4, -0.2) is 39.2 Å². The van der Waals surface area contributed by atoms with Crippen LogP contribution in [0, 0.1) is 5.82 Å². The Kier molecular flexibility index (Phi) is 5.57. The van der Waals surface area contributed by atoms with Gasteiger partial charge in [-0.25, -0.2) is 9.18 Å². The van der Waals surface area contributed by atoms with Crippen molar-refractivity contribution in [1.29, 1.82) is 0 Å². The zero-order valence-electron chi connectivity index (χ0n) is 15.4. The van der Waals surface area contributed by atoms with E-state index in [4.69, 9.17) is 16.3 Å². The molecule has 2 heterocycles. The summed E-state index contributed by atoms with van der Waals surface area (Å²) in [7, 11) is 0. The van der Waals surface area contributed by atoms with Crippen LogP contribution < -0.4 is 10.2 Å². The number of nitrogens with zero attached hydrogens (tertiary/aromatic N) is 3. The Morgan fingerprint density at radius 1 is 1.50 bits per heavy atom. The van der Waals surface area contributed by atoms with Crippen molar-refractivity contribution in [2.45, 2.75) is 38.6 Å². The highest BCUT2D eigenvalue weighted by Gasteiger charge is 2.50. The summed E-state index contributed by atoms with van der Waals surface area (Å²) in [5.41, 5.74) is 0.650. The fourth-order valence-electron chi connectivity index (χ4n) is 2.82. The summed E-state index contributed by atoms with van der Waals surface area (Å²) in [4.78, 5) is 25.9. The third-order valence-corrected chi connectivity index (χ3v) is 4.69. The lowest BCUT2D eigenvalue weighted by Gasteiger charge is -2.22.